The van der Waals surface area contributed by atoms with Gasteiger partial charge in [-0.05, 0) is 54.7 Å². The van der Waals surface area contributed by atoms with Crippen molar-refractivity contribution in [3.63, 3.8) is 0 Å². The first-order valence-corrected chi connectivity index (χ1v) is 13.1. The lowest BCUT2D eigenvalue weighted by Crippen LogP contribution is -2.08. The Morgan fingerprint density at radius 1 is 1.21 bits per heavy atom. The Morgan fingerprint density at radius 2 is 2.07 bits per heavy atom. The van der Waals surface area contributed by atoms with E-state index in [-0.39, 0.29) is 0 Å². The zero-order valence-electron chi connectivity index (χ0n) is 15.9. The summed E-state index contributed by atoms with van der Waals surface area (Å²) >= 11 is 17.3. The fourth-order valence-corrected chi connectivity index (χ4v) is 7.02. The second-order valence-electron chi connectivity index (χ2n) is 7.31. The molecule has 29 heavy (non-hydrogen) atoms. The Labute approximate surface area is 191 Å². The zero-order valence-corrected chi connectivity index (χ0v) is 19.9. The molecule has 0 radical (unpaired) electrons. The third-order valence-corrected chi connectivity index (χ3v) is 8.80. The first-order chi connectivity index (χ1) is 14.0. The molecule has 0 amide bonds. The fraction of sp³-hybridized carbons (Fsp3) is 0.350. The van der Waals surface area contributed by atoms with Gasteiger partial charge in [-0.3, -0.25) is 0 Å². The van der Waals surface area contributed by atoms with Gasteiger partial charge in [0.1, 0.15) is 4.83 Å². The van der Waals surface area contributed by atoms with Crippen LogP contribution in [0.1, 0.15) is 29.3 Å². The van der Waals surface area contributed by atoms with Crippen molar-refractivity contribution in [1.82, 2.24) is 19.6 Å². The quantitative estimate of drug-likeness (QED) is 0.237. The highest BCUT2D eigenvalue weighted by atomic mass is 35.5. The van der Waals surface area contributed by atoms with Crippen LogP contribution in [0.5, 0.6) is 0 Å². The molecule has 1 atom stereocenters. The molecule has 1 aliphatic carbocycles. The van der Waals surface area contributed by atoms with Gasteiger partial charge in [-0.2, -0.15) is 0 Å². The summed E-state index contributed by atoms with van der Waals surface area (Å²) in [5.41, 5.74) is 3.47. The van der Waals surface area contributed by atoms with Gasteiger partial charge in [-0.15, -0.1) is 21.5 Å². The van der Waals surface area contributed by atoms with Gasteiger partial charge in [0.15, 0.2) is 16.0 Å². The Bertz CT molecular complexity index is 1230. The number of hydrogen-bond donors (Lipinski definition) is 0. The number of halogens is 2. The van der Waals surface area contributed by atoms with Crippen molar-refractivity contribution in [3.8, 4) is 0 Å². The van der Waals surface area contributed by atoms with Crippen LogP contribution in [0, 0.1) is 5.92 Å². The molecule has 0 bridgehead atoms. The summed E-state index contributed by atoms with van der Waals surface area (Å²) in [5, 5.41) is 13.2. The molecule has 3 aromatic heterocycles. The zero-order chi connectivity index (χ0) is 20.1. The smallest absolute Gasteiger partial charge is 0.198 e. The van der Waals surface area contributed by atoms with Crippen LogP contribution in [-0.4, -0.2) is 25.8 Å². The van der Waals surface area contributed by atoms with Gasteiger partial charge < -0.3 is 0 Å². The monoisotopic (exact) mass is 480 g/mol. The molecule has 0 saturated carbocycles. The normalized spacial score (nSPS) is 16.6. The third-order valence-electron chi connectivity index (χ3n) is 5.27. The van der Waals surface area contributed by atoms with E-state index >= 15 is 0 Å². The topological polar surface area (TPSA) is 43.1 Å². The number of aryl methyl sites for hydroxylation is 1. The lowest BCUT2D eigenvalue weighted by molar-refractivity contribution is 0.509. The summed E-state index contributed by atoms with van der Waals surface area (Å²) in [7, 11) is 0. The van der Waals surface area contributed by atoms with E-state index in [0.717, 1.165) is 50.9 Å². The van der Waals surface area contributed by atoms with E-state index in [2.05, 4.69) is 27.8 Å². The molecule has 4 aromatic rings. The van der Waals surface area contributed by atoms with E-state index in [1.54, 1.807) is 23.5 Å². The van der Waals surface area contributed by atoms with Crippen LogP contribution in [0.15, 0.2) is 28.5 Å². The van der Waals surface area contributed by atoms with Crippen molar-refractivity contribution in [2.75, 3.05) is 6.26 Å². The molecule has 0 aliphatic heterocycles. The van der Waals surface area contributed by atoms with Crippen LogP contribution in [0.3, 0.4) is 0 Å². The molecule has 150 valence electrons. The standard InChI is InChI=1S/C20H18Cl2N4S3/c1-10-3-5-12-15(7-10)29-18-16(12)17-24-25-20(26(17)19(23-18)27-2)28-9-11-4-6-13(21)14(22)8-11/h4,6,8,10H,3,5,7,9H2,1-2H3/t10-/m0/s1. The van der Waals surface area contributed by atoms with Gasteiger partial charge in [-0.25, -0.2) is 9.38 Å². The lowest BCUT2D eigenvalue weighted by atomic mass is 9.89. The van der Waals surface area contributed by atoms with Crippen molar-refractivity contribution >= 4 is 73.9 Å². The van der Waals surface area contributed by atoms with Crippen molar-refractivity contribution in [1.29, 1.82) is 0 Å². The van der Waals surface area contributed by atoms with Gasteiger partial charge in [0.25, 0.3) is 0 Å². The van der Waals surface area contributed by atoms with E-state index < -0.39 is 0 Å². The number of fused-ring (bicyclic) bond motifs is 5. The van der Waals surface area contributed by atoms with Crippen LogP contribution in [-0.2, 0) is 18.6 Å². The number of thioether (sulfide) groups is 2. The Morgan fingerprint density at radius 3 is 2.86 bits per heavy atom. The van der Waals surface area contributed by atoms with Crippen molar-refractivity contribution in [2.24, 2.45) is 5.92 Å². The summed E-state index contributed by atoms with van der Waals surface area (Å²) in [6.07, 6.45) is 5.52. The molecular formula is C20H18Cl2N4S3. The molecule has 0 N–H and O–H groups in total. The SMILES string of the molecule is CSc1nc2sc3c(c2c2nnc(SCc4ccc(Cl)c(Cl)c4)n12)CC[C@H](C)C3. The highest BCUT2D eigenvalue weighted by Crippen LogP contribution is 2.40. The second kappa shape index (κ2) is 7.93. The molecule has 3 heterocycles. The predicted molar refractivity (Wildman–Crippen MR) is 125 cm³/mol. The summed E-state index contributed by atoms with van der Waals surface area (Å²) in [6, 6.07) is 5.73. The van der Waals surface area contributed by atoms with E-state index in [1.807, 2.05) is 29.5 Å². The summed E-state index contributed by atoms with van der Waals surface area (Å²) < 4.78 is 2.11. The van der Waals surface area contributed by atoms with Crippen molar-refractivity contribution in [2.45, 2.75) is 42.3 Å². The number of thiophene rings is 1. The number of aromatic nitrogens is 4. The van der Waals surface area contributed by atoms with Gasteiger partial charge in [0.05, 0.1) is 15.4 Å². The lowest BCUT2D eigenvalue weighted by Gasteiger charge is -2.17. The molecule has 9 heteroatoms. The largest absolute Gasteiger partial charge is 0.248 e. The van der Waals surface area contributed by atoms with Crippen LogP contribution >= 0.6 is 58.1 Å². The van der Waals surface area contributed by atoms with Crippen molar-refractivity contribution < 1.29 is 0 Å². The molecule has 1 aromatic carbocycles. The molecule has 0 fully saturated rings. The van der Waals surface area contributed by atoms with Crippen LogP contribution in [0.2, 0.25) is 10.0 Å². The third kappa shape index (κ3) is 3.55. The van der Waals surface area contributed by atoms with Crippen LogP contribution < -0.4 is 0 Å². The summed E-state index contributed by atoms with van der Waals surface area (Å²) in [6.45, 7) is 2.33. The predicted octanol–water partition coefficient (Wildman–Crippen LogP) is 6.78. The highest BCUT2D eigenvalue weighted by molar-refractivity contribution is 7.99. The van der Waals surface area contributed by atoms with E-state index in [4.69, 9.17) is 28.2 Å². The van der Waals surface area contributed by atoms with Crippen molar-refractivity contribution in [3.05, 3.63) is 44.2 Å². The average molecular weight is 481 g/mol. The molecule has 1 aliphatic rings. The molecule has 0 unspecified atom stereocenters. The van der Waals surface area contributed by atoms with Gasteiger partial charge in [-0.1, -0.05) is 59.7 Å². The second-order valence-corrected chi connectivity index (χ2v) is 10.9. The minimum atomic E-state index is 0.571. The molecule has 5 rings (SSSR count). The van der Waals surface area contributed by atoms with Gasteiger partial charge in [0.2, 0.25) is 0 Å². The maximum Gasteiger partial charge on any atom is 0.198 e. The molecule has 0 spiro atoms. The maximum atomic E-state index is 6.16. The number of rotatable bonds is 4. The van der Waals surface area contributed by atoms with Gasteiger partial charge in [0, 0.05) is 10.6 Å². The number of nitrogens with zero attached hydrogens (tertiary/aromatic N) is 4. The summed E-state index contributed by atoms with van der Waals surface area (Å²) in [4.78, 5) is 7.54. The maximum absolute atomic E-state index is 6.16. The Kier molecular flexibility index (Phi) is 5.45. The fourth-order valence-electron chi connectivity index (χ4n) is 3.79. The Hall–Kier alpha value is -0.990. The minimum absolute atomic E-state index is 0.571. The first kappa shape index (κ1) is 19.9. The Balaban J connectivity index is 1.58. The van der Waals surface area contributed by atoms with E-state index in [9.17, 15) is 0 Å². The average Bonchev–Trinajstić information content (AvgIpc) is 3.28. The highest BCUT2D eigenvalue weighted by Gasteiger charge is 2.25. The number of hydrogen-bond acceptors (Lipinski definition) is 6. The minimum Gasteiger partial charge on any atom is -0.248 e. The number of benzene rings is 1. The molecule has 4 nitrogen and oxygen atoms in total. The summed E-state index contributed by atoms with van der Waals surface area (Å²) in [5.74, 6) is 1.48. The van der Waals surface area contributed by atoms with E-state index in [0.29, 0.717) is 10.0 Å². The molecular weight excluding hydrogens is 463 g/mol. The van der Waals surface area contributed by atoms with Crippen LogP contribution in [0.25, 0.3) is 15.9 Å². The van der Waals surface area contributed by atoms with Gasteiger partial charge >= 0.3 is 0 Å². The first-order valence-electron chi connectivity index (χ1n) is 9.35. The van der Waals surface area contributed by atoms with E-state index in [1.165, 1.54) is 22.2 Å². The van der Waals surface area contributed by atoms with Crippen LogP contribution in [0.4, 0.5) is 0 Å². The molecule has 0 saturated heterocycles.